The quantitative estimate of drug-likeness (QED) is 0.355. The standard InChI is InChI=1S/C26H19ClN4O2/c1-33-21-13-9-18(10-14-21)24-15-23(17-7-11-19(27)12-8-17)30-25-22(16-28-31(24)25)26(32)29-20-5-3-2-4-6-20/h2-16H,1H3,(H,29,32). The molecule has 6 nitrogen and oxygen atoms in total. The number of aromatic nitrogens is 3. The molecule has 2 heterocycles. The normalized spacial score (nSPS) is 10.8. The first-order chi connectivity index (χ1) is 16.1. The van der Waals surface area contributed by atoms with Gasteiger partial charge in [-0.3, -0.25) is 4.79 Å². The van der Waals surface area contributed by atoms with Crippen molar-refractivity contribution in [3.63, 3.8) is 0 Å². The van der Waals surface area contributed by atoms with E-state index in [0.717, 1.165) is 22.6 Å². The Hall–Kier alpha value is -4.16. The van der Waals surface area contributed by atoms with Gasteiger partial charge < -0.3 is 10.1 Å². The Balaban J connectivity index is 1.66. The van der Waals surface area contributed by atoms with Crippen LogP contribution in [0.3, 0.4) is 0 Å². The third-order valence-electron chi connectivity index (χ3n) is 5.27. The summed E-state index contributed by atoms with van der Waals surface area (Å²) >= 11 is 6.08. The van der Waals surface area contributed by atoms with Crippen molar-refractivity contribution in [2.24, 2.45) is 0 Å². The number of para-hydroxylation sites is 1. The maximum atomic E-state index is 13.1. The lowest BCUT2D eigenvalue weighted by atomic mass is 10.1. The molecule has 0 spiro atoms. The van der Waals surface area contributed by atoms with E-state index in [9.17, 15) is 4.79 Å². The largest absolute Gasteiger partial charge is 0.497 e. The molecule has 162 valence electrons. The van der Waals surface area contributed by atoms with Gasteiger partial charge in [0.05, 0.1) is 24.7 Å². The number of benzene rings is 3. The number of rotatable bonds is 5. The zero-order chi connectivity index (χ0) is 22.8. The van der Waals surface area contributed by atoms with Crippen molar-refractivity contribution in [2.75, 3.05) is 12.4 Å². The van der Waals surface area contributed by atoms with Crippen molar-refractivity contribution in [1.82, 2.24) is 14.6 Å². The number of amides is 1. The molecule has 0 saturated heterocycles. The van der Waals surface area contributed by atoms with Crippen molar-refractivity contribution in [2.45, 2.75) is 0 Å². The van der Waals surface area contributed by atoms with Crippen LogP contribution < -0.4 is 10.1 Å². The van der Waals surface area contributed by atoms with Crippen LogP contribution in [0.5, 0.6) is 5.75 Å². The van der Waals surface area contributed by atoms with Crippen LogP contribution >= 0.6 is 11.6 Å². The summed E-state index contributed by atoms with van der Waals surface area (Å²) in [5, 5.41) is 8.04. The van der Waals surface area contributed by atoms with Crippen molar-refractivity contribution in [3.8, 4) is 28.3 Å². The van der Waals surface area contributed by atoms with Gasteiger partial charge >= 0.3 is 0 Å². The minimum Gasteiger partial charge on any atom is -0.497 e. The van der Waals surface area contributed by atoms with Crippen LogP contribution in [0.15, 0.2) is 91.1 Å². The van der Waals surface area contributed by atoms with Crippen molar-refractivity contribution >= 4 is 28.8 Å². The highest BCUT2D eigenvalue weighted by Crippen LogP contribution is 2.29. The highest BCUT2D eigenvalue weighted by atomic mass is 35.5. The van der Waals surface area contributed by atoms with Gasteiger partial charge in [-0.2, -0.15) is 5.10 Å². The Labute approximate surface area is 195 Å². The number of hydrogen-bond donors (Lipinski definition) is 1. The predicted octanol–water partition coefficient (Wildman–Crippen LogP) is 5.98. The second-order valence-electron chi connectivity index (χ2n) is 7.38. The first-order valence-corrected chi connectivity index (χ1v) is 10.7. The lowest BCUT2D eigenvalue weighted by molar-refractivity contribution is 0.102. The molecule has 0 bridgehead atoms. The van der Waals surface area contributed by atoms with Gasteiger partial charge in [-0.25, -0.2) is 9.50 Å². The molecule has 0 saturated carbocycles. The second-order valence-corrected chi connectivity index (χ2v) is 7.81. The maximum absolute atomic E-state index is 13.1. The van der Waals surface area contributed by atoms with Gasteiger partial charge in [0, 0.05) is 21.8 Å². The van der Waals surface area contributed by atoms with Crippen LogP contribution in [0, 0.1) is 0 Å². The SMILES string of the molecule is COc1ccc(-c2cc(-c3ccc(Cl)cc3)nc3c(C(=O)Nc4ccccc4)cnn23)cc1. The summed E-state index contributed by atoms with van der Waals surface area (Å²) in [6, 6.07) is 26.3. The summed E-state index contributed by atoms with van der Waals surface area (Å²) in [7, 11) is 1.63. The summed E-state index contributed by atoms with van der Waals surface area (Å²) in [5.74, 6) is 0.475. The number of carbonyl (C=O) groups excluding carboxylic acids is 1. The molecule has 0 atom stereocenters. The minimum atomic E-state index is -0.280. The van der Waals surface area contributed by atoms with Gasteiger partial charge in [-0.1, -0.05) is 41.9 Å². The van der Waals surface area contributed by atoms with Gasteiger partial charge in [-0.15, -0.1) is 0 Å². The number of carbonyl (C=O) groups is 1. The fraction of sp³-hybridized carbons (Fsp3) is 0.0385. The molecule has 5 aromatic rings. The summed E-state index contributed by atoms with van der Waals surface area (Å²) in [6.45, 7) is 0. The van der Waals surface area contributed by atoms with Gasteiger partial charge in [0.15, 0.2) is 5.65 Å². The van der Waals surface area contributed by atoms with E-state index in [0.29, 0.717) is 27.6 Å². The lowest BCUT2D eigenvalue weighted by Crippen LogP contribution is -2.12. The summed E-state index contributed by atoms with van der Waals surface area (Å²) in [4.78, 5) is 17.9. The Bertz CT molecular complexity index is 1430. The van der Waals surface area contributed by atoms with E-state index in [4.69, 9.17) is 21.3 Å². The summed E-state index contributed by atoms with van der Waals surface area (Å²) < 4.78 is 6.97. The Morgan fingerprint density at radius 2 is 1.64 bits per heavy atom. The number of fused-ring (bicyclic) bond motifs is 1. The molecule has 0 aliphatic rings. The Morgan fingerprint density at radius 3 is 2.33 bits per heavy atom. The molecule has 0 aliphatic heterocycles. The molecule has 1 amide bonds. The first kappa shape index (κ1) is 20.7. The van der Waals surface area contributed by atoms with E-state index in [2.05, 4.69) is 10.4 Å². The lowest BCUT2D eigenvalue weighted by Gasteiger charge is -2.10. The molecule has 33 heavy (non-hydrogen) atoms. The number of ether oxygens (including phenoxy) is 1. The Kier molecular flexibility index (Phi) is 5.50. The number of hydrogen-bond acceptors (Lipinski definition) is 4. The third-order valence-corrected chi connectivity index (χ3v) is 5.53. The third kappa shape index (κ3) is 4.16. The average molecular weight is 455 g/mol. The van der Waals surface area contributed by atoms with Crippen LogP contribution in [-0.2, 0) is 0 Å². The fourth-order valence-corrected chi connectivity index (χ4v) is 3.70. The van der Waals surface area contributed by atoms with E-state index in [1.54, 1.807) is 17.8 Å². The van der Waals surface area contributed by atoms with Crippen LogP contribution in [0.25, 0.3) is 28.2 Å². The molecule has 2 aromatic heterocycles. The van der Waals surface area contributed by atoms with E-state index in [1.165, 1.54) is 0 Å². The Morgan fingerprint density at radius 1 is 0.939 bits per heavy atom. The number of nitrogens with zero attached hydrogens (tertiary/aromatic N) is 3. The van der Waals surface area contributed by atoms with Crippen LogP contribution in [0.2, 0.25) is 5.02 Å². The van der Waals surface area contributed by atoms with Crippen molar-refractivity contribution in [3.05, 3.63) is 102 Å². The number of anilines is 1. The molecule has 0 radical (unpaired) electrons. The van der Waals surface area contributed by atoms with Gasteiger partial charge in [-0.05, 0) is 54.6 Å². The van der Waals surface area contributed by atoms with Gasteiger partial charge in [0.2, 0.25) is 0 Å². The highest BCUT2D eigenvalue weighted by Gasteiger charge is 2.19. The smallest absolute Gasteiger partial charge is 0.261 e. The molecule has 0 fully saturated rings. The maximum Gasteiger partial charge on any atom is 0.261 e. The zero-order valence-corrected chi connectivity index (χ0v) is 18.5. The molecule has 1 N–H and O–H groups in total. The number of methoxy groups -OCH3 is 1. The van der Waals surface area contributed by atoms with Gasteiger partial charge in [0.1, 0.15) is 11.3 Å². The second kappa shape index (κ2) is 8.76. The molecule has 5 rings (SSSR count). The number of nitrogens with one attached hydrogen (secondary N) is 1. The van der Waals surface area contributed by atoms with Crippen LogP contribution in [0.4, 0.5) is 5.69 Å². The van der Waals surface area contributed by atoms with Crippen molar-refractivity contribution < 1.29 is 9.53 Å². The predicted molar refractivity (Wildman–Crippen MR) is 130 cm³/mol. The molecular formula is C26H19ClN4O2. The van der Waals surface area contributed by atoms with Crippen molar-refractivity contribution in [1.29, 1.82) is 0 Å². The topological polar surface area (TPSA) is 68.5 Å². The van der Waals surface area contributed by atoms with Crippen LogP contribution in [0.1, 0.15) is 10.4 Å². The monoisotopic (exact) mass is 454 g/mol. The highest BCUT2D eigenvalue weighted by molar-refractivity contribution is 6.30. The zero-order valence-electron chi connectivity index (χ0n) is 17.7. The fourth-order valence-electron chi connectivity index (χ4n) is 3.58. The van der Waals surface area contributed by atoms with Gasteiger partial charge in [0.25, 0.3) is 5.91 Å². The minimum absolute atomic E-state index is 0.280. The van der Waals surface area contributed by atoms with Crippen LogP contribution in [-0.4, -0.2) is 27.6 Å². The molecule has 0 unspecified atom stereocenters. The van der Waals surface area contributed by atoms with E-state index in [1.807, 2.05) is 84.9 Å². The van der Waals surface area contributed by atoms with E-state index < -0.39 is 0 Å². The first-order valence-electron chi connectivity index (χ1n) is 10.3. The van der Waals surface area contributed by atoms with E-state index in [-0.39, 0.29) is 5.91 Å². The molecule has 7 heteroatoms. The molecule has 0 aliphatic carbocycles. The summed E-state index contributed by atoms with van der Waals surface area (Å²) in [6.07, 6.45) is 1.54. The van der Waals surface area contributed by atoms with E-state index >= 15 is 0 Å². The summed E-state index contributed by atoms with van der Waals surface area (Å²) in [5.41, 5.74) is 4.84. The molecule has 3 aromatic carbocycles. The average Bonchev–Trinajstić information content (AvgIpc) is 3.29. The molecular weight excluding hydrogens is 436 g/mol. The number of halogens is 1.